The van der Waals surface area contributed by atoms with Crippen LogP contribution in [0.1, 0.15) is 31.4 Å². The van der Waals surface area contributed by atoms with Crippen molar-refractivity contribution in [2.24, 2.45) is 0 Å². The number of sulfonamides is 1. The molecule has 2 amide bonds. The Balaban J connectivity index is 2.37. The summed E-state index contributed by atoms with van der Waals surface area (Å²) in [6, 6.07) is 13.7. The van der Waals surface area contributed by atoms with Gasteiger partial charge in [0.1, 0.15) is 12.6 Å². The maximum absolute atomic E-state index is 13.4. The predicted molar refractivity (Wildman–Crippen MR) is 131 cm³/mol. The van der Waals surface area contributed by atoms with Crippen LogP contribution in [-0.2, 0) is 26.2 Å². The van der Waals surface area contributed by atoms with Gasteiger partial charge in [0.15, 0.2) is 0 Å². The average molecular weight is 524 g/mol. The molecule has 9 heteroatoms. The molecule has 0 aromatic heterocycles. The number of anilines is 1. The molecule has 0 aliphatic carbocycles. The topological polar surface area (TPSA) is 86.8 Å². The number of nitrogens with zero attached hydrogens (tertiary/aromatic N) is 2. The lowest BCUT2D eigenvalue weighted by molar-refractivity contribution is -0.139. The molecule has 0 radical (unpaired) electrons. The number of halogens is 1. The van der Waals surface area contributed by atoms with Crippen LogP contribution in [0.3, 0.4) is 0 Å². The smallest absolute Gasteiger partial charge is 0.244 e. The first-order valence-corrected chi connectivity index (χ1v) is 13.0. The lowest BCUT2D eigenvalue weighted by atomic mass is 10.1. The monoisotopic (exact) mass is 523 g/mol. The van der Waals surface area contributed by atoms with Crippen LogP contribution in [0.4, 0.5) is 5.69 Å². The van der Waals surface area contributed by atoms with Crippen LogP contribution in [0, 0.1) is 6.92 Å². The van der Waals surface area contributed by atoms with Gasteiger partial charge in [-0.1, -0.05) is 48.9 Å². The first-order valence-electron chi connectivity index (χ1n) is 10.4. The van der Waals surface area contributed by atoms with Gasteiger partial charge in [0.25, 0.3) is 0 Å². The zero-order chi connectivity index (χ0) is 23.9. The summed E-state index contributed by atoms with van der Waals surface area (Å²) in [7, 11) is -3.75. The summed E-state index contributed by atoms with van der Waals surface area (Å²) in [6.07, 6.45) is 1.83. The molecule has 1 atom stereocenters. The first kappa shape index (κ1) is 25.9. The number of rotatable bonds is 10. The minimum absolute atomic E-state index is 0.188. The van der Waals surface area contributed by atoms with Gasteiger partial charge in [-0.2, -0.15) is 0 Å². The molecule has 2 rings (SSSR count). The van der Waals surface area contributed by atoms with Gasteiger partial charge < -0.3 is 10.2 Å². The van der Waals surface area contributed by atoms with Crippen molar-refractivity contribution in [1.29, 1.82) is 0 Å². The number of para-hydroxylation sites is 1. The lowest BCUT2D eigenvalue weighted by Crippen LogP contribution is -2.51. The zero-order valence-corrected chi connectivity index (χ0v) is 21.2. The van der Waals surface area contributed by atoms with Crippen LogP contribution in [0.15, 0.2) is 53.0 Å². The van der Waals surface area contributed by atoms with Gasteiger partial charge >= 0.3 is 0 Å². The van der Waals surface area contributed by atoms with E-state index < -0.39 is 28.5 Å². The number of benzene rings is 2. The molecule has 7 nitrogen and oxygen atoms in total. The van der Waals surface area contributed by atoms with E-state index in [4.69, 9.17) is 0 Å². The number of nitrogens with one attached hydrogen (secondary N) is 1. The highest BCUT2D eigenvalue weighted by atomic mass is 79.9. The number of carbonyl (C=O) groups is 2. The highest BCUT2D eigenvalue weighted by Gasteiger charge is 2.30. The van der Waals surface area contributed by atoms with Crippen LogP contribution in [0.25, 0.3) is 0 Å². The number of aryl methyl sites for hydroxylation is 1. The molecule has 2 aromatic rings. The van der Waals surface area contributed by atoms with Crippen LogP contribution >= 0.6 is 15.9 Å². The van der Waals surface area contributed by atoms with Gasteiger partial charge in [-0.25, -0.2) is 8.42 Å². The molecule has 0 aliphatic rings. The molecule has 0 heterocycles. The standard InChI is InChI=1S/C23H30BrN3O4S/c1-5-14-25-23(29)18(3)26(15-19-12-10-17(2)11-13-19)22(28)16-27(32(4,30)31)21-9-7-6-8-20(21)24/h6-13,18H,5,14-16H2,1-4H3,(H,25,29)/t18-/m0/s1. The van der Waals surface area contributed by atoms with Gasteiger partial charge in [-0.3, -0.25) is 13.9 Å². The summed E-state index contributed by atoms with van der Waals surface area (Å²) < 4.78 is 26.7. The van der Waals surface area contributed by atoms with E-state index in [2.05, 4.69) is 21.2 Å². The molecule has 0 aliphatic heterocycles. The van der Waals surface area contributed by atoms with E-state index in [0.29, 0.717) is 16.7 Å². The van der Waals surface area contributed by atoms with E-state index in [1.54, 1.807) is 31.2 Å². The van der Waals surface area contributed by atoms with E-state index in [0.717, 1.165) is 28.1 Å². The normalized spacial score (nSPS) is 12.2. The first-order chi connectivity index (χ1) is 15.0. The minimum atomic E-state index is -3.75. The van der Waals surface area contributed by atoms with Crippen molar-refractivity contribution in [3.05, 3.63) is 64.1 Å². The lowest BCUT2D eigenvalue weighted by Gasteiger charge is -2.31. The average Bonchev–Trinajstić information content (AvgIpc) is 2.74. The molecule has 32 heavy (non-hydrogen) atoms. The molecule has 0 unspecified atom stereocenters. The van der Waals surface area contributed by atoms with Crippen molar-refractivity contribution in [2.75, 3.05) is 23.7 Å². The third kappa shape index (κ3) is 7.06. The third-order valence-electron chi connectivity index (χ3n) is 4.99. The molecular formula is C23H30BrN3O4S. The van der Waals surface area contributed by atoms with E-state index in [1.807, 2.05) is 38.1 Å². The maximum atomic E-state index is 13.4. The summed E-state index contributed by atoms with van der Waals surface area (Å²) in [4.78, 5) is 27.5. The fraction of sp³-hybridized carbons (Fsp3) is 0.391. The van der Waals surface area contributed by atoms with E-state index >= 15 is 0 Å². The van der Waals surface area contributed by atoms with Gasteiger partial charge in [0.05, 0.1) is 11.9 Å². The predicted octanol–water partition coefficient (Wildman–Crippen LogP) is 3.47. The minimum Gasteiger partial charge on any atom is -0.354 e. The Bertz CT molecular complexity index is 1040. The molecule has 0 fully saturated rings. The van der Waals surface area contributed by atoms with Crippen molar-refractivity contribution in [3.63, 3.8) is 0 Å². The van der Waals surface area contributed by atoms with Crippen molar-refractivity contribution >= 4 is 43.5 Å². The Hall–Kier alpha value is -2.39. The van der Waals surface area contributed by atoms with E-state index in [-0.39, 0.29) is 12.5 Å². The van der Waals surface area contributed by atoms with Gasteiger partial charge in [0, 0.05) is 17.6 Å². The Kier molecular flexibility index (Phi) is 9.27. The summed E-state index contributed by atoms with van der Waals surface area (Å²) in [5.74, 6) is -0.745. The number of amides is 2. The van der Waals surface area contributed by atoms with Crippen molar-refractivity contribution in [2.45, 2.75) is 39.8 Å². The largest absolute Gasteiger partial charge is 0.354 e. The molecule has 2 aromatic carbocycles. The summed E-state index contributed by atoms with van der Waals surface area (Å²) in [6.45, 7) is 5.84. The quantitative estimate of drug-likeness (QED) is 0.516. The number of carbonyl (C=O) groups excluding carboxylic acids is 2. The van der Waals surface area contributed by atoms with Gasteiger partial charge in [-0.05, 0) is 53.9 Å². The molecule has 174 valence electrons. The van der Waals surface area contributed by atoms with Gasteiger partial charge in [0.2, 0.25) is 21.8 Å². The van der Waals surface area contributed by atoms with Crippen LogP contribution in [0.2, 0.25) is 0 Å². The summed E-state index contributed by atoms with van der Waals surface area (Å²) in [5.41, 5.74) is 2.30. The Morgan fingerprint density at radius 1 is 1.09 bits per heavy atom. The fourth-order valence-electron chi connectivity index (χ4n) is 3.12. The van der Waals surface area contributed by atoms with Crippen LogP contribution in [0.5, 0.6) is 0 Å². The SMILES string of the molecule is CCCNC(=O)[C@H](C)N(Cc1ccc(C)cc1)C(=O)CN(c1ccccc1Br)S(C)(=O)=O. The second-order valence-electron chi connectivity index (χ2n) is 7.70. The summed E-state index contributed by atoms with van der Waals surface area (Å²) >= 11 is 3.36. The Morgan fingerprint density at radius 3 is 2.28 bits per heavy atom. The molecule has 0 saturated carbocycles. The van der Waals surface area contributed by atoms with Gasteiger partial charge in [-0.15, -0.1) is 0 Å². The Morgan fingerprint density at radius 2 is 1.72 bits per heavy atom. The van der Waals surface area contributed by atoms with Crippen molar-refractivity contribution in [1.82, 2.24) is 10.2 Å². The number of hydrogen-bond acceptors (Lipinski definition) is 4. The molecular weight excluding hydrogens is 494 g/mol. The van der Waals surface area contributed by atoms with E-state index in [9.17, 15) is 18.0 Å². The van der Waals surface area contributed by atoms with Crippen LogP contribution < -0.4 is 9.62 Å². The molecule has 0 saturated heterocycles. The highest BCUT2D eigenvalue weighted by molar-refractivity contribution is 9.10. The van der Waals surface area contributed by atoms with Crippen LogP contribution in [-0.4, -0.2) is 50.5 Å². The molecule has 0 bridgehead atoms. The summed E-state index contributed by atoms with van der Waals surface area (Å²) in [5, 5.41) is 2.81. The fourth-order valence-corrected chi connectivity index (χ4v) is 4.60. The highest BCUT2D eigenvalue weighted by Crippen LogP contribution is 2.28. The van der Waals surface area contributed by atoms with Crippen molar-refractivity contribution < 1.29 is 18.0 Å². The third-order valence-corrected chi connectivity index (χ3v) is 6.79. The second-order valence-corrected chi connectivity index (χ2v) is 10.5. The molecule has 1 N–H and O–H groups in total. The molecule has 0 spiro atoms. The van der Waals surface area contributed by atoms with E-state index in [1.165, 1.54) is 4.90 Å². The number of hydrogen-bond donors (Lipinski definition) is 1. The van der Waals surface area contributed by atoms with Crippen molar-refractivity contribution in [3.8, 4) is 0 Å². The maximum Gasteiger partial charge on any atom is 0.244 e. The second kappa shape index (κ2) is 11.5. The zero-order valence-electron chi connectivity index (χ0n) is 18.8. The Labute approximate surface area is 199 Å².